The van der Waals surface area contributed by atoms with Crippen molar-refractivity contribution >= 4 is 27.7 Å². The zero-order valence-corrected chi connectivity index (χ0v) is 12.5. The first-order chi connectivity index (χ1) is 9.02. The summed E-state index contributed by atoms with van der Waals surface area (Å²) in [5.41, 5.74) is 0.633. The van der Waals surface area contributed by atoms with Crippen LogP contribution in [0.4, 0.5) is 14.9 Å². The summed E-state index contributed by atoms with van der Waals surface area (Å²) in [5.74, 6) is -0.344. The van der Waals surface area contributed by atoms with E-state index in [9.17, 15) is 9.18 Å². The summed E-state index contributed by atoms with van der Waals surface area (Å²) >= 11 is 3.30. The number of hydrogen-bond acceptors (Lipinski definition) is 3. The van der Waals surface area contributed by atoms with E-state index in [1.54, 1.807) is 11.0 Å². The lowest BCUT2D eigenvalue weighted by atomic mass is 10.2. The van der Waals surface area contributed by atoms with Crippen LogP contribution in [0.1, 0.15) is 6.42 Å². The number of nitrogens with zero attached hydrogens (tertiary/aromatic N) is 2. The molecule has 0 radical (unpaired) electrons. The van der Waals surface area contributed by atoms with Crippen molar-refractivity contribution in [1.82, 2.24) is 4.90 Å². The molecular weight excluding hydrogens is 315 g/mol. The van der Waals surface area contributed by atoms with Gasteiger partial charge in [0, 0.05) is 11.0 Å². The van der Waals surface area contributed by atoms with Gasteiger partial charge < -0.3 is 9.64 Å². The molecule has 1 heterocycles. The molecule has 19 heavy (non-hydrogen) atoms. The molecule has 1 amide bonds. The molecular formula is C13H16BrFN2O2. The number of benzene rings is 1. The minimum atomic E-state index is -0.424. The maximum Gasteiger partial charge on any atom is 0.414 e. The second-order valence-electron chi connectivity index (χ2n) is 4.64. The van der Waals surface area contributed by atoms with Gasteiger partial charge in [0.1, 0.15) is 5.82 Å². The fraction of sp³-hybridized carbons (Fsp3) is 0.462. The molecule has 1 aliphatic heterocycles. The number of hydrogen-bond donors (Lipinski definition) is 0. The fourth-order valence-electron chi connectivity index (χ4n) is 2.34. The Morgan fingerprint density at radius 3 is 2.84 bits per heavy atom. The van der Waals surface area contributed by atoms with Crippen molar-refractivity contribution in [2.75, 3.05) is 32.1 Å². The average molecular weight is 331 g/mol. The van der Waals surface area contributed by atoms with Crippen molar-refractivity contribution < 1.29 is 13.9 Å². The maximum atomic E-state index is 13.2. The molecule has 0 aromatic heterocycles. The zero-order chi connectivity index (χ0) is 14.0. The summed E-state index contributed by atoms with van der Waals surface area (Å²) in [5, 5.41) is 0. The Bertz CT molecular complexity index is 484. The highest BCUT2D eigenvalue weighted by Gasteiger charge is 2.32. The molecule has 2 rings (SSSR count). The number of amides is 1. The summed E-state index contributed by atoms with van der Waals surface area (Å²) in [6.07, 6.45) is 0.447. The van der Waals surface area contributed by atoms with E-state index >= 15 is 0 Å². The van der Waals surface area contributed by atoms with Crippen LogP contribution in [0.5, 0.6) is 0 Å². The Kier molecular flexibility index (Phi) is 4.42. The van der Waals surface area contributed by atoms with Crippen LogP contribution in [0.2, 0.25) is 0 Å². The van der Waals surface area contributed by atoms with Crippen molar-refractivity contribution in [1.29, 1.82) is 0 Å². The van der Waals surface area contributed by atoms with Crippen molar-refractivity contribution in [2.45, 2.75) is 12.5 Å². The molecule has 1 aromatic carbocycles. The molecule has 4 nitrogen and oxygen atoms in total. The third kappa shape index (κ3) is 3.06. The monoisotopic (exact) mass is 330 g/mol. The van der Waals surface area contributed by atoms with Gasteiger partial charge in [0.2, 0.25) is 0 Å². The molecule has 0 bridgehead atoms. The van der Waals surface area contributed by atoms with Gasteiger partial charge in [-0.3, -0.25) is 4.90 Å². The highest BCUT2D eigenvalue weighted by atomic mass is 79.9. The number of carbonyl (C=O) groups is 1. The molecule has 1 saturated heterocycles. The van der Waals surface area contributed by atoms with Crippen molar-refractivity contribution in [3.8, 4) is 0 Å². The van der Waals surface area contributed by atoms with Crippen molar-refractivity contribution in [2.24, 2.45) is 0 Å². The molecule has 0 N–H and O–H groups in total. The third-order valence-electron chi connectivity index (χ3n) is 3.27. The molecule has 0 aliphatic carbocycles. The predicted molar refractivity (Wildman–Crippen MR) is 74.9 cm³/mol. The first-order valence-electron chi connectivity index (χ1n) is 6.03. The second-order valence-corrected chi connectivity index (χ2v) is 5.49. The molecule has 6 heteroatoms. The number of methoxy groups -OCH3 is 1. The van der Waals surface area contributed by atoms with Crippen LogP contribution in [0, 0.1) is 5.82 Å². The van der Waals surface area contributed by atoms with E-state index in [-0.39, 0.29) is 11.9 Å². The number of anilines is 1. The quantitative estimate of drug-likeness (QED) is 0.835. The molecule has 0 saturated carbocycles. The van der Waals surface area contributed by atoms with E-state index in [1.807, 2.05) is 7.05 Å². The Balaban J connectivity index is 2.34. The number of likely N-dealkylation sites (tertiary alicyclic amines) is 1. The molecule has 1 atom stereocenters. The van der Waals surface area contributed by atoms with Gasteiger partial charge in [0.25, 0.3) is 0 Å². The van der Waals surface area contributed by atoms with E-state index in [1.165, 1.54) is 19.2 Å². The van der Waals surface area contributed by atoms with Gasteiger partial charge in [0.05, 0.1) is 18.8 Å². The Labute approximate surface area is 120 Å². The van der Waals surface area contributed by atoms with Crippen LogP contribution in [0.3, 0.4) is 0 Å². The first-order valence-corrected chi connectivity index (χ1v) is 6.83. The lowest BCUT2D eigenvalue weighted by Gasteiger charge is -2.28. The number of halogens is 2. The highest BCUT2D eigenvalue weighted by Crippen LogP contribution is 2.31. The predicted octanol–water partition coefficient (Wildman–Crippen LogP) is 2.87. The Morgan fingerprint density at radius 1 is 1.58 bits per heavy atom. The fourth-order valence-corrected chi connectivity index (χ4v) is 2.88. The van der Waals surface area contributed by atoms with Gasteiger partial charge in [-0.25, -0.2) is 9.18 Å². The van der Waals surface area contributed by atoms with E-state index < -0.39 is 6.09 Å². The Hall–Kier alpha value is -1.14. The third-order valence-corrected chi connectivity index (χ3v) is 3.91. The van der Waals surface area contributed by atoms with Crippen LogP contribution in [-0.4, -0.2) is 44.3 Å². The molecule has 1 aliphatic rings. The largest absolute Gasteiger partial charge is 0.452 e. The lowest BCUT2D eigenvalue weighted by molar-refractivity contribution is 0.176. The van der Waals surface area contributed by atoms with Crippen LogP contribution in [0.15, 0.2) is 22.7 Å². The van der Waals surface area contributed by atoms with Gasteiger partial charge >= 0.3 is 6.09 Å². The van der Waals surface area contributed by atoms with Gasteiger partial charge in [0.15, 0.2) is 0 Å². The summed E-state index contributed by atoms with van der Waals surface area (Å²) in [6, 6.07) is 4.33. The first kappa shape index (κ1) is 14.3. The zero-order valence-electron chi connectivity index (χ0n) is 10.9. The molecule has 1 aromatic rings. The summed E-state index contributed by atoms with van der Waals surface area (Å²) in [6.45, 7) is 1.70. The van der Waals surface area contributed by atoms with Crippen LogP contribution in [-0.2, 0) is 4.74 Å². The molecule has 104 valence electrons. The summed E-state index contributed by atoms with van der Waals surface area (Å²) in [4.78, 5) is 15.8. The smallest absolute Gasteiger partial charge is 0.414 e. The van der Waals surface area contributed by atoms with Gasteiger partial charge in [-0.05, 0) is 54.1 Å². The number of ether oxygens (including phenoxy) is 1. The van der Waals surface area contributed by atoms with E-state index in [0.29, 0.717) is 10.2 Å². The van der Waals surface area contributed by atoms with Gasteiger partial charge in [-0.15, -0.1) is 0 Å². The summed E-state index contributed by atoms with van der Waals surface area (Å²) < 4.78 is 18.6. The average Bonchev–Trinajstić information content (AvgIpc) is 2.78. The SMILES string of the molecule is COC(=O)N(c1ccc(F)cc1Br)[C@H]1CCN(C)C1. The number of rotatable bonds is 2. The van der Waals surface area contributed by atoms with Crippen LogP contribution >= 0.6 is 15.9 Å². The minimum absolute atomic E-state index is 0.0409. The van der Waals surface area contributed by atoms with Gasteiger partial charge in [-0.2, -0.15) is 0 Å². The van der Waals surface area contributed by atoms with Crippen LogP contribution in [0.25, 0.3) is 0 Å². The van der Waals surface area contributed by atoms with Crippen molar-refractivity contribution in [3.05, 3.63) is 28.5 Å². The van der Waals surface area contributed by atoms with Crippen molar-refractivity contribution in [3.63, 3.8) is 0 Å². The van der Waals surface area contributed by atoms with Gasteiger partial charge in [-0.1, -0.05) is 0 Å². The van der Waals surface area contributed by atoms with Crippen LogP contribution < -0.4 is 4.90 Å². The number of carbonyl (C=O) groups excluding carboxylic acids is 1. The normalized spacial score (nSPS) is 19.5. The highest BCUT2D eigenvalue weighted by molar-refractivity contribution is 9.10. The molecule has 0 unspecified atom stereocenters. The van der Waals surface area contributed by atoms with E-state index in [2.05, 4.69) is 20.8 Å². The lowest BCUT2D eigenvalue weighted by Crippen LogP contribution is -2.42. The molecule has 1 fully saturated rings. The minimum Gasteiger partial charge on any atom is -0.452 e. The Morgan fingerprint density at radius 2 is 2.32 bits per heavy atom. The van der Waals surface area contributed by atoms with E-state index in [0.717, 1.165) is 19.5 Å². The maximum absolute atomic E-state index is 13.2. The van der Waals surface area contributed by atoms with E-state index in [4.69, 9.17) is 4.74 Å². The summed E-state index contributed by atoms with van der Waals surface area (Å²) in [7, 11) is 3.36. The molecule has 0 spiro atoms. The standard InChI is InChI=1S/C13H16BrFN2O2/c1-16-6-5-10(8-16)17(13(18)19-2)12-4-3-9(15)7-11(12)14/h3-4,7,10H,5-6,8H2,1-2H3/t10-/m0/s1. The number of likely N-dealkylation sites (N-methyl/N-ethyl adjacent to an activating group) is 1. The topological polar surface area (TPSA) is 32.8 Å². The second kappa shape index (κ2) is 5.88.